The number of carbonyl (C=O) groups is 1. The molecule has 2 heterocycles. The van der Waals surface area contributed by atoms with Crippen molar-refractivity contribution in [3.8, 4) is 0 Å². The smallest absolute Gasteiger partial charge is 0.256 e. The van der Waals surface area contributed by atoms with Crippen LogP contribution < -0.4 is 5.32 Å². The summed E-state index contributed by atoms with van der Waals surface area (Å²) >= 11 is 6.03. The first-order valence-corrected chi connectivity index (χ1v) is 9.00. The molecule has 3 rings (SSSR count). The van der Waals surface area contributed by atoms with E-state index in [-0.39, 0.29) is 11.3 Å². The second kappa shape index (κ2) is 7.58. The molecule has 25 heavy (non-hydrogen) atoms. The van der Waals surface area contributed by atoms with Crippen molar-refractivity contribution in [1.29, 1.82) is 0 Å². The SMILES string of the molecule is CCc1noc(C)c1C(=O)NCC1(c2ccc(Cl)cc2)CCOCC1. The van der Waals surface area contributed by atoms with Crippen molar-refractivity contribution in [2.24, 2.45) is 0 Å². The Balaban J connectivity index is 1.80. The van der Waals surface area contributed by atoms with E-state index < -0.39 is 0 Å². The molecule has 1 aromatic carbocycles. The van der Waals surface area contributed by atoms with Crippen LogP contribution in [0.2, 0.25) is 5.02 Å². The molecule has 1 aromatic heterocycles. The molecule has 0 aliphatic carbocycles. The molecule has 0 bridgehead atoms. The lowest BCUT2D eigenvalue weighted by Gasteiger charge is -2.38. The molecular weight excluding hydrogens is 340 g/mol. The average molecular weight is 363 g/mol. The van der Waals surface area contributed by atoms with Crippen molar-refractivity contribution in [1.82, 2.24) is 10.5 Å². The van der Waals surface area contributed by atoms with Gasteiger partial charge in [-0.1, -0.05) is 35.8 Å². The maximum absolute atomic E-state index is 12.7. The van der Waals surface area contributed by atoms with Crippen molar-refractivity contribution >= 4 is 17.5 Å². The van der Waals surface area contributed by atoms with Crippen molar-refractivity contribution in [2.75, 3.05) is 19.8 Å². The van der Waals surface area contributed by atoms with Crippen LogP contribution in [0.25, 0.3) is 0 Å². The highest BCUT2D eigenvalue weighted by Gasteiger charge is 2.35. The molecule has 0 radical (unpaired) electrons. The monoisotopic (exact) mass is 362 g/mol. The molecule has 1 saturated heterocycles. The van der Waals surface area contributed by atoms with E-state index in [2.05, 4.69) is 10.5 Å². The molecule has 0 atom stereocenters. The van der Waals surface area contributed by atoms with E-state index in [4.69, 9.17) is 20.9 Å². The Morgan fingerprint density at radius 2 is 1.96 bits per heavy atom. The largest absolute Gasteiger partial charge is 0.381 e. The molecule has 1 amide bonds. The number of benzene rings is 1. The summed E-state index contributed by atoms with van der Waals surface area (Å²) in [4.78, 5) is 12.7. The molecule has 0 spiro atoms. The quantitative estimate of drug-likeness (QED) is 0.881. The number of halogens is 1. The molecule has 1 aliphatic heterocycles. The van der Waals surface area contributed by atoms with E-state index in [1.165, 1.54) is 5.56 Å². The van der Waals surface area contributed by atoms with Gasteiger partial charge in [-0.15, -0.1) is 0 Å². The topological polar surface area (TPSA) is 64.4 Å². The summed E-state index contributed by atoms with van der Waals surface area (Å²) in [7, 11) is 0. The first-order chi connectivity index (χ1) is 12.1. The van der Waals surface area contributed by atoms with Crippen LogP contribution >= 0.6 is 11.6 Å². The predicted octanol–water partition coefficient (Wildman–Crippen LogP) is 3.68. The summed E-state index contributed by atoms with van der Waals surface area (Å²) in [5, 5.41) is 7.77. The molecule has 1 N–H and O–H groups in total. The summed E-state index contributed by atoms with van der Waals surface area (Å²) in [5.41, 5.74) is 2.29. The van der Waals surface area contributed by atoms with Gasteiger partial charge < -0.3 is 14.6 Å². The second-order valence-electron chi connectivity index (χ2n) is 6.50. The Bertz CT molecular complexity index is 734. The fraction of sp³-hybridized carbons (Fsp3) is 0.474. The zero-order valence-electron chi connectivity index (χ0n) is 14.6. The highest BCUT2D eigenvalue weighted by atomic mass is 35.5. The van der Waals surface area contributed by atoms with Gasteiger partial charge in [-0.3, -0.25) is 4.79 Å². The van der Waals surface area contributed by atoms with E-state index in [0.29, 0.717) is 48.2 Å². The fourth-order valence-electron chi connectivity index (χ4n) is 3.42. The minimum absolute atomic E-state index is 0.129. The van der Waals surface area contributed by atoms with E-state index in [1.807, 2.05) is 31.2 Å². The third-order valence-electron chi connectivity index (χ3n) is 4.99. The number of amides is 1. The van der Waals surface area contributed by atoms with E-state index in [1.54, 1.807) is 6.92 Å². The minimum atomic E-state index is -0.143. The van der Waals surface area contributed by atoms with Gasteiger partial charge in [0.1, 0.15) is 11.3 Å². The second-order valence-corrected chi connectivity index (χ2v) is 6.93. The molecular formula is C19H23ClN2O3. The summed E-state index contributed by atoms with van der Waals surface area (Å²) in [6.07, 6.45) is 2.38. The van der Waals surface area contributed by atoms with E-state index in [9.17, 15) is 4.79 Å². The highest BCUT2D eigenvalue weighted by Crippen LogP contribution is 2.35. The van der Waals surface area contributed by atoms with Crippen LogP contribution in [-0.2, 0) is 16.6 Å². The Morgan fingerprint density at radius 1 is 1.28 bits per heavy atom. The third-order valence-corrected chi connectivity index (χ3v) is 5.24. The molecule has 2 aromatic rings. The first-order valence-electron chi connectivity index (χ1n) is 8.63. The van der Waals surface area contributed by atoms with Crippen LogP contribution in [0.15, 0.2) is 28.8 Å². The number of aryl methyl sites for hydroxylation is 2. The number of hydrogen-bond donors (Lipinski definition) is 1. The van der Waals surface area contributed by atoms with Crippen molar-refractivity contribution in [2.45, 2.75) is 38.5 Å². The van der Waals surface area contributed by atoms with Gasteiger partial charge in [-0.25, -0.2) is 0 Å². The zero-order valence-corrected chi connectivity index (χ0v) is 15.4. The van der Waals surface area contributed by atoms with Crippen molar-refractivity contribution < 1.29 is 14.1 Å². The lowest BCUT2D eigenvalue weighted by atomic mass is 9.74. The number of nitrogens with one attached hydrogen (secondary N) is 1. The van der Waals surface area contributed by atoms with Crippen LogP contribution in [-0.4, -0.2) is 30.8 Å². The highest BCUT2D eigenvalue weighted by molar-refractivity contribution is 6.30. The summed E-state index contributed by atoms with van der Waals surface area (Å²) in [6.45, 7) is 5.65. The molecule has 1 aliphatic rings. The number of rotatable bonds is 5. The Morgan fingerprint density at radius 3 is 2.60 bits per heavy atom. The van der Waals surface area contributed by atoms with Crippen LogP contribution in [0.1, 0.15) is 47.1 Å². The van der Waals surface area contributed by atoms with E-state index >= 15 is 0 Å². The Kier molecular flexibility index (Phi) is 5.45. The van der Waals surface area contributed by atoms with Gasteiger partial charge in [0.25, 0.3) is 5.91 Å². The first kappa shape index (κ1) is 18.0. The fourth-order valence-corrected chi connectivity index (χ4v) is 3.55. The summed E-state index contributed by atoms with van der Waals surface area (Å²) in [5.74, 6) is 0.428. The molecule has 0 unspecified atom stereocenters. The maximum Gasteiger partial charge on any atom is 0.256 e. The maximum atomic E-state index is 12.7. The van der Waals surface area contributed by atoms with Gasteiger partial charge in [-0.05, 0) is 43.9 Å². The van der Waals surface area contributed by atoms with Gasteiger partial charge in [0.2, 0.25) is 0 Å². The standard InChI is InChI=1S/C19H23ClN2O3/c1-3-16-17(13(2)25-22-16)18(23)21-12-19(8-10-24-11-9-19)14-4-6-15(20)7-5-14/h4-7H,3,8-12H2,1-2H3,(H,21,23). The Labute approximate surface area is 152 Å². The number of ether oxygens (including phenoxy) is 1. The van der Waals surface area contributed by atoms with Crippen LogP contribution in [0, 0.1) is 6.92 Å². The van der Waals surface area contributed by atoms with Gasteiger partial charge in [0.15, 0.2) is 0 Å². The molecule has 6 heteroatoms. The molecule has 0 saturated carbocycles. The molecule has 134 valence electrons. The lowest BCUT2D eigenvalue weighted by molar-refractivity contribution is 0.0487. The normalized spacial score (nSPS) is 16.6. The van der Waals surface area contributed by atoms with Crippen molar-refractivity contribution in [3.05, 3.63) is 51.9 Å². The summed E-state index contributed by atoms with van der Waals surface area (Å²) in [6, 6.07) is 7.88. The number of aromatic nitrogens is 1. The van der Waals surface area contributed by atoms with Crippen LogP contribution in [0.3, 0.4) is 0 Å². The average Bonchev–Trinajstić information content (AvgIpc) is 3.02. The van der Waals surface area contributed by atoms with Gasteiger partial charge >= 0.3 is 0 Å². The predicted molar refractivity (Wildman–Crippen MR) is 96.1 cm³/mol. The molecule has 5 nitrogen and oxygen atoms in total. The minimum Gasteiger partial charge on any atom is -0.381 e. The van der Waals surface area contributed by atoms with Crippen LogP contribution in [0.4, 0.5) is 0 Å². The molecule has 1 fully saturated rings. The number of carbonyl (C=O) groups excluding carboxylic acids is 1. The summed E-state index contributed by atoms with van der Waals surface area (Å²) < 4.78 is 10.7. The number of nitrogens with zero attached hydrogens (tertiary/aromatic N) is 1. The Hall–Kier alpha value is -1.85. The zero-order chi connectivity index (χ0) is 17.9. The number of hydrogen-bond acceptors (Lipinski definition) is 4. The van der Waals surface area contributed by atoms with Gasteiger partial charge in [0.05, 0.1) is 5.69 Å². The van der Waals surface area contributed by atoms with Crippen molar-refractivity contribution in [3.63, 3.8) is 0 Å². The lowest BCUT2D eigenvalue weighted by Crippen LogP contribution is -2.44. The van der Waals surface area contributed by atoms with Crippen LogP contribution in [0.5, 0.6) is 0 Å². The third kappa shape index (κ3) is 3.72. The van der Waals surface area contributed by atoms with Gasteiger partial charge in [-0.2, -0.15) is 0 Å². The van der Waals surface area contributed by atoms with E-state index in [0.717, 1.165) is 12.8 Å². The van der Waals surface area contributed by atoms with Gasteiger partial charge in [0, 0.05) is 30.2 Å².